The first-order valence-electron chi connectivity index (χ1n) is 7.10. The van der Waals surface area contributed by atoms with E-state index in [9.17, 15) is 18.0 Å². The van der Waals surface area contributed by atoms with Gasteiger partial charge < -0.3 is 15.4 Å². The van der Waals surface area contributed by atoms with Crippen molar-refractivity contribution in [2.75, 3.05) is 26.3 Å². The highest BCUT2D eigenvalue weighted by molar-refractivity contribution is 5.81. The minimum atomic E-state index is -4.18. The van der Waals surface area contributed by atoms with Gasteiger partial charge in [0, 0.05) is 19.7 Å². The van der Waals surface area contributed by atoms with Crippen molar-refractivity contribution < 1.29 is 22.7 Å². The Morgan fingerprint density at radius 3 is 2.65 bits per heavy atom. The third-order valence-corrected chi connectivity index (χ3v) is 3.38. The van der Waals surface area contributed by atoms with Crippen LogP contribution in [-0.2, 0) is 9.53 Å². The van der Waals surface area contributed by atoms with E-state index in [0.717, 1.165) is 12.8 Å². The second-order valence-electron chi connectivity index (χ2n) is 5.03. The van der Waals surface area contributed by atoms with Crippen molar-refractivity contribution in [3.63, 3.8) is 0 Å². The first kappa shape index (κ1) is 17.2. The number of nitrogens with one attached hydrogen (secondary N) is 2. The second kappa shape index (κ2) is 8.46. The number of rotatable bonds is 7. The maximum atomic E-state index is 12.5. The van der Waals surface area contributed by atoms with E-state index in [0.29, 0.717) is 19.8 Å². The molecule has 0 aromatic carbocycles. The summed E-state index contributed by atoms with van der Waals surface area (Å²) >= 11 is 0. The van der Waals surface area contributed by atoms with Crippen LogP contribution in [0.1, 0.15) is 32.6 Å². The summed E-state index contributed by atoms with van der Waals surface area (Å²) in [4.78, 5) is 11.7. The summed E-state index contributed by atoms with van der Waals surface area (Å²) in [6.07, 6.45) is -1.93. The third-order valence-electron chi connectivity index (χ3n) is 3.38. The Bertz CT molecular complexity index is 290. The lowest BCUT2D eigenvalue weighted by Gasteiger charge is -2.30. The maximum Gasteiger partial charge on any atom is 0.393 e. The van der Waals surface area contributed by atoms with E-state index in [1.807, 2.05) is 0 Å². The average Bonchev–Trinajstić information content (AvgIpc) is 2.41. The summed E-state index contributed by atoms with van der Waals surface area (Å²) in [6.45, 7) is 3.37. The number of unbranched alkanes of at least 4 members (excludes halogenated alkanes) is 1. The van der Waals surface area contributed by atoms with Crippen LogP contribution in [-0.4, -0.2) is 44.4 Å². The summed E-state index contributed by atoms with van der Waals surface area (Å²) < 4.78 is 42.7. The van der Waals surface area contributed by atoms with Gasteiger partial charge in [0.25, 0.3) is 0 Å². The first-order valence-corrected chi connectivity index (χ1v) is 7.10. The lowest BCUT2D eigenvalue weighted by atomic mass is 9.94. The maximum absolute atomic E-state index is 12.5. The molecule has 1 fully saturated rings. The molecule has 0 aromatic rings. The van der Waals surface area contributed by atoms with Gasteiger partial charge in [-0.15, -0.1) is 0 Å². The van der Waals surface area contributed by atoms with E-state index in [4.69, 9.17) is 4.74 Å². The van der Waals surface area contributed by atoms with E-state index >= 15 is 0 Å². The fraction of sp³-hybridized carbons (Fsp3) is 0.923. The smallest absolute Gasteiger partial charge is 0.380 e. The van der Waals surface area contributed by atoms with E-state index in [1.54, 1.807) is 0 Å². The van der Waals surface area contributed by atoms with Crippen LogP contribution in [0.5, 0.6) is 0 Å². The van der Waals surface area contributed by atoms with Gasteiger partial charge in [0.05, 0.1) is 18.6 Å². The molecule has 2 atom stereocenters. The number of piperidine rings is 1. The fourth-order valence-corrected chi connectivity index (χ4v) is 2.08. The van der Waals surface area contributed by atoms with Gasteiger partial charge in [0.1, 0.15) is 0 Å². The summed E-state index contributed by atoms with van der Waals surface area (Å²) in [5.41, 5.74) is 0. The minimum Gasteiger partial charge on any atom is -0.380 e. The summed E-state index contributed by atoms with van der Waals surface area (Å²) in [7, 11) is 0. The Labute approximate surface area is 117 Å². The van der Waals surface area contributed by atoms with Crippen molar-refractivity contribution in [1.82, 2.24) is 10.6 Å². The van der Waals surface area contributed by atoms with Crippen molar-refractivity contribution in [3.05, 3.63) is 0 Å². The van der Waals surface area contributed by atoms with Crippen molar-refractivity contribution in [1.29, 1.82) is 0 Å². The summed E-state index contributed by atoms with van der Waals surface area (Å²) in [5.74, 6) is -1.59. The zero-order valence-electron chi connectivity index (χ0n) is 11.8. The molecule has 7 heteroatoms. The number of carbonyl (C=O) groups is 1. The quantitative estimate of drug-likeness (QED) is 0.705. The highest BCUT2D eigenvalue weighted by Crippen LogP contribution is 2.31. The lowest BCUT2D eigenvalue weighted by molar-refractivity contribution is -0.180. The van der Waals surface area contributed by atoms with Crippen LogP contribution in [0.3, 0.4) is 0 Å². The van der Waals surface area contributed by atoms with Gasteiger partial charge in [-0.05, 0) is 19.3 Å². The fourth-order valence-electron chi connectivity index (χ4n) is 2.08. The van der Waals surface area contributed by atoms with E-state index in [1.165, 1.54) is 0 Å². The predicted molar refractivity (Wildman–Crippen MR) is 69.3 cm³/mol. The van der Waals surface area contributed by atoms with Crippen molar-refractivity contribution in [3.8, 4) is 0 Å². The Kier molecular flexibility index (Phi) is 7.29. The Morgan fingerprint density at radius 1 is 1.35 bits per heavy atom. The molecule has 1 rings (SSSR count). The van der Waals surface area contributed by atoms with Crippen LogP contribution in [0.15, 0.2) is 0 Å². The zero-order chi connectivity index (χ0) is 15.0. The van der Waals surface area contributed by atoms with Crippen molar-refractivity contribution in [2.45, 2.75) is 44.8 Å². The molecule has 0 aromatic heterocycles. The first-order chi connectivity index (χ1) is 9.45. The summed E-state index contributed by atoms with van der Waals surface area (Å²) in [6, 6.07) is -0.524. The molecule has 1 heterocycles. The Balaban J connectivity index is 2.13. The highest BCUT2D eigenvalue weighted by Gasteiger charge is 2.42. The van der Waals surface area contributed by atoms with Gasteiger partial charge in [0.2, 0.25) is 5.91 Å². The molecule has 0 aliphatic carbocycles. The number of hydrogen-bond acceptors (Lipinski definition) is 3. The van der Waals surface area contributed by atoms with Crippen LogP contribution in [0, 0.1) is 5.92 Å². The molecule has 0 radical (unpaired) electrons. The molecule has 1 saturated heterocycles. The SMILES string of the molecule is CCCCOCCNC(=O)C1CCC(C(F)(F)F)CN1. The van der Waals surface area contributed by atoms with E-state index in [2.05, 4.69) is 17.6 Å². The van der Waals surface area contributed by atoms with Gasteiger partial charge in [-0.1, -0.05) is 13.3 Å². The molecule has 1 aliphatic rings. The van der Waals surface area contributed by atoms with Gasteiger partial charge in [-0.2, -0.15) is 13.2 Å². The Morgan fingerprint density at radius 2 is 2.10 bits per heavy atom. The molecular weight excluding hydrogens is 273 g/mol. The van der Waals surface area contributed by atoms with Crippen LogP contribution in [0.4, 0.5) is 13.2 Å². The molecule has 4 nitrogen and oxygen atoms in total. The number of hydrogen-bond donors (Lipinski definition) is 2. The van der Waals surface area contributed by atoms with Crippen LogP contribution >= 0.6 is 0 Å². The molecule has 0 saturated carbocycles. The van der Waals surface area contributed by atoms with Crippen LogP contribution in [0.25, 0.3) is 0 Å². The molecule has 0 bridgehead atoms. The number of carbonyl (C=O) groups excluding carboxylic acids is 1. The van der Waals surface area contributed by atoms with Crippen LogP contribution < -0.4 is 10.6 Å². The molecule has 2 unspecified atom stereocenters. The number of alkyl halides is 3. The largest absolute Gasteiger partial charge is 0.393 e. The number of amides is 1. The Hall–Kier alpha value is -0.820. The van der Waals surface area contributed by atoms with Gasteiger partial charge in [-0.3, -0.25) is 4.79 Å². The topological polar surface area (TPSA) is 50.4 Å². The third kappa shape index (κ3) is 6.09. The molecule has 118 valence electrons. The monoisotopic (exact) mass is 296 g/mol. The van der Waals surface area contributed by atoms with Crippen LogP contribution in [0.2, 0.25) is 0 Å². The van der Waals surface area contributed by atoms with E-state index < -0.39 is 18.1 Å². The number of ether oxygens (including phenoxy) is 1. The predicted octanol–water partition coefficient (Wildman–Crippen LogP) is 1.85. The molecule has 2 N–H and O–H groups in total. The second-order valence-corrected chi connectivity index (χ2v) is 5.03. The van der Waals surface area contributed by atoms with E-state index in [-0.39, 0.29) is 25.3 Å². The van der Waals surface area contributed by atoms with Gasteiger partial charge in [-0.25, -0.2) is 0 Å². The van der Waals surface area contributed by atoms with Gasteiger partial charge in [0.15, 0.2) is 0 Å². The molecule has 1 aliphatic heterocycles. The highest BCUT2D eigenvalue weighted by atomic mass is 19.4. The molecule has 1 amide bonds. The van der Waals surface area contributed by atoms with Gasteiger partial charge >= 0.3 is 6.18 Å². The molecule has 0 spiro atoms. The average molecular weight is 296 g/mol. The van der Waals surface area contributed by atoms with Crippen molar-refractivity contribution in [2.24, 2.45) is 5.92 Å². The normalized spacial score (nSPS) is 23.6. The molecule has 20 heavy (non-hydrogen) atoms. The van der Waals surface area contributed by atoms with Crippen molar-refractivity contribution >= 4 is 5.91 Å². The lowest BCUT2D eigenvalue weighted by Crippen LogP contribution is -2.51. The molecular formula is C13H23F3N2O2. The number of halogens is 3. The minimum absolute atomic E-state index is 0.00157. The standard InChI is InChI=1S/C13H23F3N2O2/c1-2-3-7-20-8-6-17-12(19)11-5-4-10(9-18-11)13(14,15)16/h10-11,18H,2-9H2,1H3,(H,17,19). The summed E-state index contributed by atoms with van der Waals surface area (Å²) in [5, 5.41) is 5.34. The zero-order valence-corrected chi connectivity index (χ0v) is 11.8.